The van der Waals surface area contributed by atoms with Crippen molar-refractivity contribution in [3.05, 3.63) is 35.2 Å². The Morgan fingerprint density at radius 2 is 2.07 bits per heavy atom. The molecule has 0 aliphatic rings. The predicted molar refractivity (Wildman–Crippen MR) is 59.6 cm³/mol. The Balaban J connectivity index is 2.52. The van der Waals surface area contributed by atoms with E-state index in [1.807, 2.05) is 12.1 Å². The number of nitrogens with one attached hydrogen (secondary N) is 1. The van der Waals surface area contributed by atoms with Crippen molar-refractivity contribution in [3.8, 4) is 0 Å². The zero-order valence-corrected chi connectivity index (χ0v) is 9.07. The zero-order valence-electron chi connectivity index (χ0n) is 8.26. The molecule has 1 aromatic carbocycles. The molecule has 1 heterocycles. The highest BCUT2D eigenvalue weighted by molar-refractivity contribution is 7.17. The van der Waals surface area contributed by atoms with Crippen LogP contribution < -0.4 is 5.32 Å². The summed E-state index contributed by atoms with van der Waals surface area (Å²) in [5, 5.41) is 4.71. The van der Waals surface area contributed by atoms with E-state index in [1.54, 1.807) is 17.5 Å². The van der Waals surface area contributed by atoms with Gasteiger partial charge in [0.05, 0.1) is 6.54 Å². The minimum Gasteiger partial charge on any atom is -0.314 e. The summed E-state index contributed by atoms with van der Waals surface area (Å²) in [4.78, 5) is 0. The third kappa shape index (κ3) is 1.87. The van der Waals surface area contributed by atoms with Crippen LogP contribution in [0.2, 0.25) is 0 Å². The Morgan fingerprint density at radius 1 is 1.33 bits per heavy atom. The van der Waals surface area contributed by atoms with Crippen molar-refractivity contribution in [2.45, 2.75) is 5.92 Å². The van der Waals surface area contributed by atoms with Crippen LogP contribution in [0.15, 0.2) is 29.6 Å². The van der Waals surface area contributed by atoms with Crippen LogP contribution in [0.25, 0.3) is 10.1 Å². The predicted octanol–water partition coefficient (Wildman–Crippen LogP) is 3.21. The molecular formula is C11H11F2NS. The van der Waals surface area contributed by atoms with Crippen molar-refractivity contribution in [2.24, 2.45) is 0 Å². The quantitative estimate of drug-likeness (QED) is 0.849. The van der Waals surface area contributed by atoms with Gasteiger partial charge in [-0.15, -0.1) is 11.3 Å². The number of thiophene rings is 1. The molecule has 4 heteroatoms. The Hall–Kier alpha value is -1.00. The Morgan fingerprint density at radius 3 is 2.80 bits per heavy atom. The molecule has 15 heavy (non-hydrogen) atoms. The molecule has 0 aliphatic carbocycles. The molecule has 0 amide bonds. The first kappa shape index (κ1) is 10.5. The fourth-order valence-electron chi connectivity index (χ4n) is 1.58. The van der Waals surface area contributed by atoms with Gasteiger partial charge >= 0.3 is 0 Å². The molecule has 2 rings (SSSR count). The monoisotopic (exact) mass is 227 g/mol. The fourth-order valence-corrected chi connectivity index (χ4v) is 2.58. The first-order chi connectivity index (χ1) is 7.15. The molecular weight excluding hydrogens is 216 g/mol. The molecule has 0 aliphatic heterocycles. The molecule has 2 aromatic rings. The molecule has 0 bridgehead atoms. The van der Waals surface area contributed by atoms with Gasteiger partial charge in [0.2, 0.25) is 0 Å². The van der Waals surface area contributed by atoms with E-state index in [0.29, 0.717) is 5.39 Å². The van der Waals surface area contributed by atoms with E-state index in [1.165, 1.54) is 18.4 Å². The van der Waals surface area contributed by atoms with Gasteiger partial charge in [0.1, 0.15) is 0 Å². The van der Waals surface area contributed by atoms with Crippen LogP contribution in [0.1, 0.15) is 5.56 Å². The van der Waals surface area contributed by atoms with Crippen molar-refractivity contribution < 1.29 is 8.78 Å². The molecule has 0 radical (unpaired) electrons. The first-order valence-corrected chi connectivity index (χ1v) is 5.52. The summed E-state index contributed by atoms with van der Waals surface area (Å²) < 4.78 is 28.2. The second-order valence-corrected chi connectivity index (χ2v) is 4.29. The summed E-state index contributed by atoms with van der Waals surface area (Å²) in [7, 11) is 1.53. The van der Waals surface area contributed by atoms with E-state index < -0.39 is 5.92 Å². The van der Waals surface area contributed by atoms with Gasteiger partial charge in [-0.1, -0.05) is 18.2 Å². The molecule has 80 valence electrons. The van der Waals surface area contributed by atoms with E-state index in [9.17, 15) is 8.78 Å². The maximum Gasteiger partial charge on any atom is 0.286 e. The highest BCUT2D eigenvalue weighted by Crippen LogP contribution is 2.36. The van der Waals surface area contributed by atoms with Gasteiger partial charge in [-0.2, -0.15) is 8.78 Å². The number of fused-ring (bicyclic) bond motifs is 1. The van der Waals surface area contributed by atoms with Crippen molar-refractivity contribution in [1.29, 1.82) is 0 Å². The average molecular weight is 227 g/mol. The van der Waals surface area contributed by atoms with Crippen LogP contribution in [0.3, 0.4) is 0 Å². The van der Waals surface area contributed by atoms with Gasteiger partial charge in [-0.25, -0.2) is 0 Å². The number of hydrogen-bond acceptors (Lipinski definition) is 2. The molecule has 1 N–H and O–H groups in total. The average Bonchev–Trinajstić information content (AvgIpc) is 2.61. The lowest BCUT2D eigenvalue weighted by atomic mass is 10.1. The van der Waals surface area contributed by atoms with Crippen LogP contribution in [-0.2, 0) is 5.92 Å². The van der Waals surface area contributed by atoms with Crippen molar-refractivity contribution in [1.82, 2.24) is 5.32 Å². The lowest BCUT2D eigenvalue weighted by Crippen LogP contribution is -2.27. The maximum atomic E-state index is 13.7. The highest BCUT2D eigenvalue weighted by Gasteiger charge is 2.33. The molecule has 0 saturated carbocycles. The number of rotatable bonds is 3. The number of halogens is 2. The molecule has 0 fully saturated rings. The van der Waals surface area contributed by atoms with Gasteiger partial charge in [0.25, 0.3) is 5.92 Å². The third-order valence-electron chi connectivity index (χ3n) is 2.27. The van der Waals surface area contributed by atoms with Gasteiger partial charge < -0.3 is 5.32 Å². The van der Waals surface area contributed by atoms with E-state index in [2.05, 4.69) is 5.32 Å². The van der Waals surface area contributed by atoms with Crippen LogP contribution in [0.4, 0.5) is 8.78 Å². The standard InChI is InChI=1S/C11H11F2NS/c1-14-7-11(12,13)9-6-15-10-5-3-2-4-8(9)10/h2-6,14H,7H2,1H3. The Kier molecular flexibility index (Phi) is 2.71. The van der Waals surface area contributed by atoms with E-state index in [0.717, 1.165) is 4.70 Å². The molecule has 0 atom stereocenters. The van der Waals surface area contributed by atoms with Crippen LogP contribution in [-0.4, -0.2) is 13.6 Å². The second-order valence-electron chi connectivity index (χ2n) is 3.38. The van der Waals surface area contributed by atoms with E-state index in [-0.39, 0.29) is 12.1 Å². The van der Waals surface area contributed by atoms with Crippen LogP contribution >= 0.6 is 11.3 Å². The minimum atomic E-state index is -2.80. The fraction of sp³-hybridized carbons (Fsp3) is 0.273. The zero-order chi connectivity index (χ0) is 10.9. The molecule has 1 aromatic heterocycles. The number of hydrogen-bond donors (Lipinski definition) is 1. The largest absolute Gasteiger partial charge is 0.314 e. The normalized spacial score (nSPS) is 12.2. The smallest absolute Gasteiger partial charge is 0.286 e. The SMILES string of the molecule is CNCC(F)(F)c1csc2ccccc12. The molecule has 0 saturated heterocycles. The topological polar surface area (TPSA) is 12.0 Å². The summed E-state index contributed by atoms with van der Waals surface area (Å²) >= 11 is 1.36. The lowest BCUT2D eigenvalue weighted by molar-refractivity contribution is 0.000661. The Labute approximate surface area is 90.7 Å². The maximum absolute atomic E-state index is 13.7. The summed E-state index contributed by atoms with van der Waals surface area (Å²) in [6.07, 6.45) is 0. The van der Waals surface area contributed by atoms with Gasteiger partial charge in [0, 0.05) is 21.0 Å². The van der Waals surface area contributed by atoms with Gasteiger partial charge in [-0.05, 0) is 13.1 Å². The van der Waals surface area contributed by atoms with E-state index >= 15 is 0 Å². The van der Waals surface area contributed by atoms with Gasteiger partial charge in [-0.3, -0.25) is 0 Å². The van der Waals surface area contributed by atoms with Crippen molar-refractivity contribution in [3.63, 3.8) is 0 Å². The molecule has 0 unspecified atom stereocenters. The number of benzene rings is 1. The summed E-state index contributed by atoms with van der Waals surface area (Å²) in [6, 6.07) is 7.25. The van der Waals surface area contributed by atoms with Crippen molar-refractivity contribution in [2.75, 3.05) is 13.6 Å². The Bertz CT molecular complexity index is 464. The van der Waals surface area contributed by atoms with Crippen molar-refractivity contribution >= 4 is 21.4 Å². The highest BCUT2D eigenvalue weighted by atomic mass is 32.1. The van der Waals surface area contributed by atoms with Crippen LogP contribution in [0, 0.1) is 0 Å². The van der Waals surface area contributed by atoms with Gasteiger partial charge in [0.15, 0.2) is 0 Å². The summed E-state index contributed by atoms with van der Waals surface area (Å²) in [5.41, 5.74) is 0.123. The summed E-state index contributed by atoms with van der Waals surface area (Å²) in [5.74, 6) is -2.80. The van der Waals surface area contributed by atoms with Crippen LogP contribution in [0.5, 0.6) is 0 Å². The third-order valence-corrected chi connectivity index (χ3v) is 3.24. The summed E-state index contributed by atoms with van der Waals surface area (Å²) in [6.45, 7) is -0.326. The van der Waals surface area contributed by atoms with E-state index in [4.69, 9.17) is 0 Å². The second kappa shape index (κ2) is 3.87. The lowest BCUT2D eigenvalue weighted by Gasteiger charge is -2.14. The minimum absolute atomic E-state index is 0.123. The molecule has 0 spiro atoms. The molecule has 1 nitrogen and oxygen atoms in total. The first-order valence-electron chi connectivity index (χ1n) is 4.64. The number of alkyl halides is 2. The number of likely N-dealkylation sites (N-methyl/N-ethyl adjacent to an activating group) is 1.